The van der Waals surface area contributed by atoms with Crippen LogP contribution in [0.4, 0.5) is 0 Å². The van der Waals surface area contributed by atoms with Gasteiger partial charge in [0.05, 0.1) is 6.61 Å². The van der Waals surface area contributed by atoms with E-state index in [2.05, 4.69) is 10.6 Å². The Kier molecular flexibility index (Phi) is 6.42. The van der Waals surface area contributed by atoms with Crippen molar-refractivity contribution in [1.82, 2.24) is 10.6 Å². The molecule has 1 rings (SSSR count). The number of rotatable bonds is 6. The van der Waals surface area contributed by atoms with Crippen LogP contribution in [-0.4, -0.2) is 38.3 Å². The SMILES string of the molecule is CCCNC(=O)C(C)OCC1CCNCC1. The second kappa shape index (κ2) is 7.63. The highest BCUT2D eigenvalue weighted by molar-refractivity contribution is 5.80. The fourth-order valence-corrected chi connectivity index (χ4v) is 1.80. The maximum Gasteiger partial charge on any atom is 0.248 e. The summed E-state index contributed by atoms with van der Waals surface area (Å²) in [6.45, 7) is 7.46. The van der Waals surface area contributed by atoms with Gasteiger partial charge in [0.25, 0.3) is 0 Å². The van der Waals surface area contributed by atoms with E-state index in [9.17, 15) is 4.79 Å². The summed E-state index contributed by atoms with van der Waals surface area (Å²) in [5.74, 6) is 0.624. The molecule has 1 aliphatic rings. The van der Waals surface area contributed by atoms with Gasteiger partial charge in [-0.15, -0.1) is 0 Å². The topological polar surface area (TPSA) is 50.4 Å². The van der Waals surface area contributed by atoms with Gasteiger partial charge in [0.1, 0.15) is 6.10 Å². The zero-order chi connectivity index (χ0) is 11.8. The average Bonchev–Trinajstić information content (AvgIpc) is 2.34. The van der Waals surface area contributed by atoms with Gasteiger partial charge in [0, 0.05) is 6.54 Å². The molecule has 4 nitrogen and oxygen atoms in total. The van der Waals surface area contributed by atoms with E-state index >= 15 is 0 Å². The first-order valence-corrected chi connectivity index (χ1v) is 6.34. The summed E-state index contributed by atoms with van der Waals surface area (Å²) in [4.78, 5) is 11.5. The van der Waals surface area contributed by atoms with Gasteiger partial charge in [-0.1, -0.05) is 6.92 Å². The molecule has 0 bridgehead atoms. The molecule has 2 N–H and O–H groups in total. The lowest BCUT2D eigenvalue weighted by Crippen LogP contribution is -2.37. The number of nitrogens with one attached hydrogen (secondary N) is 2. The number of carbonyl (C=O) groups is 1. The molecule has 94 valence electrons. The van der Waals surface area contributed by atoms with Gasteiger partial charge in [-0.3, -0.25) is 4.79 Å². The van der Waals surface area contributed by atoms with Crippen LogP contribution in [0.15, 0.2) is 0 Å². The van der Waals surface area contributed by atoms with Gasteiger partial charge >= 0.3 is 0 Å². The smallest absolute Gasteiger partial charge is 0.248 e. The standard InChI is InChI=1S/C12H24N2O2/c1-3-6-14-12(15)10(2)16-9-11-4-7-13-8-5-11/h10-11,13H,3-9H2,1-2H3,(H,14,15). The van der Waals surface area contributed by atoms with Gasteiger partial charge in [0.2, 0.25) is 5.91 Å². The fraction of sp³-hybridized carbons (Fsp3) is 0.917. The summed E-state index contributed by atoms with van der Waals surface area (Å²) >= 11 is 0. The summed E-state index contributed by atoms with van der Waals surface area (Å²) < 4.78 is 5.60. The van der Waals surface area contributed by atoms with E-state index in [1.807, 2.05) is 13.8 Å². The zero-order valence-corrected chi connectivity index (χ0v) is 10.4. The highest BCUT2D eigenvalue weighted by Gasteiger charge is 2.17. The van der Waals surface area contributed by atoms with Crippen LogP contribution in [0, 0.1) is 5.92 Å². The molecule has 1 atom stereocenters. The second-order valence-electron chi connectivity index (χ2n) is 4.46. The number of piperidine rings is 1. The first-order valence-electron chi connectivity index (χ1n) is 6.34. The molecule has 0 radical (unpaired) electrons. The molecule has 0 aliphatic carbocycles. The normalized spacial score (nSPS) is 19.4. The maximum absolute atomic E-state index is 11.5. The van der Waals surface area contributed by atoms with Crippen LogP contribution >= 0.6 is 0 Å². The van der Waals surface area contributed by atoms with Crippen LogP contribution in [0.25, 0.3) is 0 Å². The van der Waals surface area contributed by atoms with Gasteiger partial charge in [-0.05, 0) is 45.2 Å². The molecule has 4 heteroatoms. The van der Waals surface area contributed by atoms with Crippen LogP contribution in [0.2, 0.25) is 0 Å². The van der Waals surface area contributed by atoms with Crippen molar-refractivity contribution in [3.63, 3.8) is 0 Å². The molecule has 1 saturated heterocycles. The molecule has 1 unspecified atom stereocenters. The Hall–Kier alpha value is -0.610. The van der Waals surface area contributed by atoms with Crippen molar-refractivity contribution in [1.29, 1.82) is 0 Å². The molecule has 0 aromatic heterocycles. The van der Waals surface area contributed by atoms with Crippen LogP contribution in [0.1, 0.15) is 33.1 Å². The van der Waals surface area contributed by atoms with Crippen molar-refractivity contribution >= 4 is 5.91 Å². The summed E-state index contributed by atoms with van der Waals surface area (Å²) in [6, 6.07) is 0. The Morgan fingerprint density at radius 3 is 2.81 bits per heavy atom. The van der Waals surface area contributed by atoms with Gasteiger partial charge in [0.15, 0.2) is 0 Å². The van der Waals surface area contributed by atoms with Crippen molar-refractivity contribution in [3.05, 3.63) is 0 Å². The Bertz CT molecular complexity index is 203. The van der Waals surface area contributed by atoms with Crippen molar-refractivity contribution < 1.29 is 9.53 Å². The van der Waals surface area contributed by atoms with Crippen LogP contribution in [-0.2, 0) is 9.53 Å². The minimum Gasteiger partial charge on any atom is -0.368 e. The molecule has 0 aromatic carbocycles. The van der Waals surface area contributed by atoms with E-state index < -0.39 is 0 Å². The Labute approximate surface area is 98.1 Å². The molecule has 1 heterocycles. The summed E-state index contributed by atoms with van der Waals surface area (Å²) in [5.41, 5.74) is 0. The van der Waals surface area contributed by atoms with E-state index in [0.717, 1.165) is 38.9 Å². The van der Waals surface area contributed by atoms with Crippen molar-refractivity contribution in [2.75, 3.05) is 26.2 Å². The van der Waals surface area contributed by atoms with E-state index in [-0.39, 0.29) is 12.0 Å². The Morgan fingerprint density at radius 2 is 2.19 bits per heavy atom. The zero-order valence-electron chi connectivity index (χ0n) is 10.4. The summed E-state index contributed by atoms with van der Waals surface area (Å²) in [7, 11) is 0. The van der Waals surface area contributed by atoms with E-state index in [1.54, 1.807) is 0 Å². The minimum absolute atomic E-state index is 0.00999. The minimum atomic E-state index is -0.318. The van der Waals surface area contributed by atoms with Gasteiger partial charge < -0.3 is 15.4 Å². The molecule has 0 saturated carbocycles. The highest BCUT2D eigenvalue weighted by Crippen LogP contribution is 2.12. The Morgan fingerprint density at radius 1 is 1.50 bits per heavy atom. The van der Waals surface area contributed by atoms with Crippen LogP contribution < -0.4 is 10.6 Å². The predicted molar refractivity (Wildman–Crippen MR) is 64.3 cm³/mol. The molecule has 1 fully saturated rings. The molecule has 0 aromatic rings. The molecular formula is C12H24N2O2. The van der Waals surface area contributed by atoms with Crippen molar-refractivity contribution in [2.24, 2.45) is 5.92 Å². The Balaban J connectivity index is 2.12. The molecular weight excluding hydrogens is 204 g/mol. The lowest BCUT2D eigenvalue weighted by Gasteiger charge is -2.23. The maximum atomic E-state index is 11.5. The van der Waals surface area contributed by atoms with E-state index in [0.29, 0.717) is 12.5 Å². The number of carbonyl (C=O) groups excluding carboxylic acids is 1. The van der Waals surface area contributed by atoms with Crippen molar-refractivity contribution in [2.45, 2.75) is 39.2 Å². The van der Waals surface area contributed by atoms with E-state index in [4.69, 9.17) is 4.74 Å². The quantitative estimate of drug-likeness (QED) is 0.710. The first-order chi connectivity index (χ1) is 7.74. The first kappa shape index (κ1) is 13.5. The van der Waals surface area contributed by atoms with Crippen LogP contribution in [0.3, 0.4) is 0 Å². The summed E-state index contributed by atoms with van der Waals surface area (Å²) in [5, 5.41) is 6.16. The van der Waals surface area contributed by atoms with Gasteiger partial charge in [-0.2, -0.15) is 0 Å². The number of hydrogen-bond donors (Lipinski definition) is 2. The highest BCUT2D eigenvalue weighted by atomic mass is 16.5. The average molecular weight is 228 g/mol. The van der Waals surface area contributed by atoms with E-state index in [1.165, 1.54) is 0 Å². The van der Waals surface area contributed by atoms with Crippen LogP contribution in [0.5, 0.6) is 0 Å². The van der Waals surface area contributed by atoms with Crippen molar-refractivity contribution in [3.8, 4) is 0 Å². The lowest BCUT2D eigenvalue weighted by atomic mass is 9.99. The number of hydrogen-bond acceptors (Lipinski definition) is 3. The number of amides is 1. The fourth-order valence-electron chi connectivity index (χ4n) is 1.80. The monoisotopic (exact) mass is 228 g/mol. The lowest BCUT2D eigenvalue weighted by molar-refractivity contribution is -0.132. The molecule has 16 heavy (non-hydrogen) atoms. The third-order valence-corrected chi connectivity index (χ3v) is 2.96. The second-order valence-corrected chi connectivity index (χ2v) is 4.46. The summed E-state index contributed by atoms with van der Waals surface area (Å²) in [6.07, 6.45) is 2.96. The van der Waals surface area contributed by atoms with Gasteiger partial charge in [-0.25, -0.2) is 0 Å². The third-order valence-electron chi connectivity index (χ3n) is 2.96. The predicted octanol–water partition coefficient (Wildman–Crippen LogP) is 0.917. The third kappa shape index (κ3) is 4.94. The molecule has 1 amide bonds. The number of ether oxygens (including phenoxy) is 1. The molecule has 1 aliphatic heterocycles. The molecule has 0 spiro atoms. The largest absolute Gasteiger partial charge is 0.368 e.